The number of rotatable bonds is 6. The minimum atomic E-state index is -4.41. The largest absolute Gasteiger partial charge is 0.436 e. The van der Waals surface area contributed by atoms with Crippen LogP contribution in [0.3, 0.4) is 0 Å². The molecule has 1 amide bonds. The van der Waals surface area contributed by atoms with Crippen molar-refractivity contribution in [2.45, 2.75) is 41.5 Å². The second kappa shape index (κ2) is 9.70. The van der Waals surface area contributed by atoms with Gasteiger partial charge < -0.3 is 14.6 Å². The smallest absolute Gasteiger partial charge is 0.416 e. The number of aromatic nitrogens is 3. The van der Waals surface area contributed by atoms with Crippen molar-refractivity contribution in [2.75, 3.05) is 5.32 Å². The van der Waals surface area contributed by atoms with E-state index in [-0.39, 0.29) is 11.1 Å². The van der Waals surface area contributed by atoms with E-state index in [0.29, 0.717) is 32.2 Å². The quantitative estimate of drug-likeness (QED) is 0.292. The van der Waals surface area contributed by atoms with E-state index in [4.69, 9.17) is 9.26 Å². The van der Waals surface area contributed by atoms with E-state index in [9.17, 15) is 18.0 Å². The van der Waals surface area contributed by atoms with Crippen molar-refractivity contribution in [3.05, 3.63) is 71.6 Å². The van der Waals surface area contributed by atoms with Crippen LogP contribution in [0.1, 0.15) is 42.6 Å². The zero-order valence-corrected chi connectivity index (χ0v) is 20.3. The third-order valence-electron chi connectivity index (χ3n) is 4.63. The van der Waals surface area contributed by atoms with Crippen molar-refractivity contribution in [2.24, 2.45) is 0 Å². The molecule has 0 spiro atoms. The molecule has 2 heterocycles. The van der Waals surface area contributed by atoms with Gasteiger partial charge in [-0.15, -0.1) is 5.10 Å². The predicted octanol–water partition coefficient (Wildman–Crippen LogP) is 7.04. The summed E-state index contributed by atoms with van der Waals surface area (Å²) in [6.45, 7) is 6.00. The van der Waals surface area contributed by atoms with Gasteiger partial charge >= 0.3 is 6.18 Å². The van der Waals surface area contributed by atoms with Crippen molar-refractivity contribution in [1.82, 2.24) is 14.7 Å². The third kappa shape index (κ3) is 6.20. The van der Waals surface area contributed by atoms with Gasteiger partial charge in [0.15, 0.2) is 5.69 Å². The summed E-state index contributed by atoms with van der Waals surface area (Å²) in [4.78, 5) is 13.3. The number of anilines is 1. The lowest BCUT2D eigenvalue weighted by atomic mass is 9.94. The Kier molecular flexibility index (Phi) is 6.86. The lowest BCUT2D eigenvalue weighted by molar-refractivity contribution is -0.137. The average molecular weight is 521 g/mol. The molecule has 0 fully saturated rings. The standard InChI is InChI=1S/C23H19F3N4O3S2/c1-22(2,3)17-12-18(29-33-17)32-15-8-6-14(7-9-15)27-20(31)19-21(35-30-28-19)34-16-10-4-13(5-11-16)23(24,25)26/h4-12H,1-3H3,(H,27,31). The molecule has 1 N–H and O–H groups in total. The molecule has 2 aromatic carbocycles. The molecule has 0 aliphatic carbocycles. The maximum atomic E-state index is 12.8. The minimum absolute atomic E-state index is 0.0810. The average Bonchev–Trinajstić information content (AvgIpc) is 3.44. The highest BCUT2D eigenvalue weighted by Crippen LogP contribution is 2.36. The normalized spacial score (nSPS) is 11.9. The lowest BCUT2D eigenvalue weighted by Gasteiger charge is -2.11. The monoisotopic (exact) mass is 520 g/mol. The van der Waals surface area contributed by atoms with E-state index < -0.39 is 17.6 Å². The van der Waals surface area contributed by atoms with E-state index >= 15 is 0 Å². The summed E-state index contributed by atoms with van der Waals surface area (Å²) >= 11 is 2.10. The third-order valence-corrected chi connectivity index (χ3v) is 6.51. The van der Waals surface area contributed by atoms with Gasteiger partial charge in [0.1, 0.15) is 15.7 Å². The molecule has 2 aromatic heterocycles. The summed E-state index contributed by atoms with van der Waals surface area (Å²) in [7, 11) is 0. The van der Waals surface area contributed by atoms with Gasteiger partial charge in [-0.1, -0.05) is 37.0 Å². The number of nitrogens with one attached hydrogen (secondary N) is 1. The van der Waals surface area contributed by atoms with E-state index in [0.717, 1.165) is 35.4 Å². The van der Waals surface area contributed by atoms with Gasteiger partial charge in [-0.3, -0.25) is 4.79 Å². The van der Waals surface area contributed by atoms with E-state index in [1.165, 1.54) is 12.1 Å². The number of hydrogen-bond acceptors (Lipinski definition) is 8. The van der Waals surface area contributed by atoms with Crippen molar-refractivity contribution in [3.63, 3.8) is 0 Å². The van der Waals surface area contributed by atoms with Gasteiger partial charge in [0.25, 0.3) is 11.8 Å². The SMILES string of the molecule is CC(C)(C)c1cc(Oc2ccc(NC(=O)c3nnsc3Sc3ccc(C(F)(F)F)cc3)cc2)no1. The van der Waals surface area contributed by atoms with Crippen LogP contribution in [0.5, 0.6) is 11.6 Å². The van der Waals surface area contributed by atoms with Crippen molar-refractivity contribution < 1.29 is 27.2 Å². The topological polar surface area (TPSA) is 90.1 Å². The molecule has 0 aliphatic heterocycles. The fraction of sp³-hybridized carbons (Fsp3) is 0.217. The minimum Gasteiger partial charge on any atom is -0.436 e. The van der Waals surface area contributed by atoms with Crippen LogP contribution in [-0.2, 0) is 11.6 Å². The molecule has 0 saturated carbocycles. The Morgan fingerprint density at radius 3 is 2.34 bits per heavy atom. The number of ether oxygens (including phenoxy) is 1. The molecular weight excluding hydrogens is 501 g/mol. The second-order valence-corrected chi connectivity index (χ2v) is 10.5. The Bertz CT molecular complexity index is 1310. The van der Waals surface area contributed by atoms with Crippen LogP contribution in [0, 0.1) is 0 Å². The first-order valence-corrected chi connectivity index (χ1v) is 11.8. The van der Waals surface area contributed by atoms with Crippen LogP contribution < -0.4 is 10.1 Å². The molecule has 0 aliphatic rings. The molecule has 4 rings (SSSR count). The molecule has 0 saturated heterocycles. The van der Waals surface area contributed by atoms with Crippen LogP contribution in [0.15, 0.2) is 68.2 Å². The van der Waals surface area contributed by atoms with E-state index in [1.807, 2.05) is 20.8 Å². The van der Waals surface area contributed by atoms with E-state index in [1.54, 1.807) is 30.3 Å². The first kappa shape index (κ1) is 24.7. The highest BCUT2D eigenvalue weighted by molar-refractivity contribution is 8.01. The molecule has 4 aromatic rings. The fourth-order valence-corrected chi connectivity index (χ4v) is 4.46. The summed E-state index contributed by atoms with van der Waals surface area (Å²) in [6.07, 6.45) is -4.41. The number of carbonyl (C=O) groups is 1. The maximum Gasteiger partial charge on any atom is 0.416 e. The predicted molar refractivity (Wildman–Crippen MR) is 125 cm³/mol. The number of halogens is 3. The zero-order chi connectivity index (χ0) is 25.2. The molecule has 35 heavy (non-hydrogen) atoms. The number of carbonyl (C=O) groups excluding carboxylic acids is 1. The second-order valence-electron chi connectivity index (χ2n) is 8.39. The fourth-order valence-electron chi connectivity index (χ4n) is 2.78. The van der Waals surface area contributed by atoms with Crippen LogP contribution in [0.4, 0.5) is 18.9 Å². The molecule has 7 nitrogen and oxygen atoms in total. The summed E-state index contributed by atoms with van der Waals surface area (Å²) in [5, 5.41) is 10.5. The Morgan fingerprint density at radius 1 is 1.06 bits per heavy atom. The number of benzene rings is 2. The van der Waals surface area contributed by atoms with Crippen LogP contribution in [0.25, 0.3) is 0 Å². The first-order valence-electron chi connectivity index (χ1n) is 10.2. The van der Waals surface area contributed by atoms with Gasteiger partial charge in [-0.05, 0) is 65.2 Å². The van der Waals surface area contributed by atoms with Gasteiger partial charge in [-0.2, -0.15) is 13.2 Å². The van der Waals surface area contributed by atoms with Gasteiger partial charge in [0.05, 0.1) is 5.56 Å². The summed E-state index contributed by atoms with van der Waals surface area (Å²) in [5.41, 5.74) is -0.363. The van der Waals surface area contributed by atoms with E-state index in [2.05, 4.69) is 20.1 Å². The number of alkyl halides is 3. The Hall–Kier alpha value is -3.38. The van der Waals surface area contributed by atoms with Crippen LogP contribution in [-0.4, -0.2) is 20.7 Å². The first-order chi connectivity index (χ1) is 16.5. The molecule has 12 heteroatoms. The van der Waals surface area contributed by atoms with Crippen molar-refractivity contribution in [3.8, 4) is 11.6 Å². The summed E-state index contributed by atoms with van der Waals surface area (Å²) in [6, 6.07) is 13.0. The Labute approximate surface area is 206 Å². The maximum absolute atomic E-state index is 12.8. The molecule has 0 unspecified atom stereocenters. The number of nitrogens with zero attached hydrogens (tertiary/aromatic N) is 3. The number of amides is 1. The number of hydrogen-bond donors (Lipinski definition) is 1. The highest BCUT2D eigenvalue weighted by Gasteiger charge is 2.30. The van der Waals surface area contributed by atoms with Gasteiger partial charge in [0.2, 0.25) is 0 Å². The molecule has 0 bridgehead atoms. The van der Waals surface area contributed by atoms with Crippen molar-refractivity contribution >= 4 is 34.9 Å². The van der Waals surface area contributed by atoms with Crippen LogP contribution >= 0.6 is 23.3 Å². The Morgan fingerprint density at radius 2 is 1.74 bits per heavy atom. The molecule has 182 valence electrons. The zero-order valence-electron chi connectivity index (χ0n) is 18.7. The molecule has 0 atom stereocenters. The van der Waals surface area contributed by atoms with Gasteiger partial charge in [0, 0.05) is 22.1 Å². The molecular formula is C23H19F3N4O3S2. The lowest BCUT2D eigenvalue weighted by Crippen LogP contribution is -2.13. The van der Waals surface area contributed by atoms with Gasteiger partial charge in [-0.25, -0.2) is 0 Å². The Balaban J connectivity index is 1.39. The summed E-state index contributed by atoms with van der Waals surface area (Å²) < 4.78 is 53.5. The molecule has 0 radical (unpaired) electrons. The van der Waals surface area contributed by atoms with Crippen molar-refractivity contribution in [1.29, 1.82) is 0 Å². The van der Waals surface area contributed by atoms with Crippen LogP contribution in [0.2, 0.25) is 0 Å². The summed E-state index contributed by atoms with van der Waals surface area (Å²) in [5.74, 6) is 1.03. The highest BCUT2D eigenvalue weighted by atomic mass is 32.2.